The summed E-state index contributed by atoms with van der Waals surface area (Å²) in [6.45, 7) is 1.61. The topological polar surface area (TPSA) is 20.2 Å². The lowest BCUT2D eigenvalue weighted by Gasteiger charge is -1.95. The van der Waals surface area contributed by atoms with Crippen LogP contribution in [0.5, 0.6) is 5.75 Å². The molecule has 0 fully saturated rings. The van der Waals surface area contributed by atoms with Crippen molar-refractivity contribution in [1.82, 2.24) is 0 Å². The summed E-state index contributed by atoms with van der Waals surface area (Å²) < 4.78 is 14.9. The Bertz CT molecular complexity index is 444. The van der Waals surface area contributed by atoms with Crippen LogP contribution >= 0.6 is 38.5 Å². The number of aromatic hydroxyl groups is 1. The minimum absolute atomic E-state index is 0.282. The van der Waals surface area contributed by atoms with Crippen molar-refractivity contribution in [3.05, 3.63) is 61.9 Å². The summed E-state index contributed by atoms with van der Waals surface area (Å²) in [5.74, 6) is -0.812. The second-order valence-electron chi connectivity index (χ2n) is 3.34. The number of phenolic OH excluding ortho intramolecular Hbond substituents is 1. The van der Waals surface area contributed by atoms with E-state index in [0.717, 1.165) is 4.47 Å². The van der Waals surface area contributed by atoms with E-state index in [9.17, 15) is 4.39 Å². The average molecular weight is 409 g/mol. The fraction of sp³-hybridized carbons (Fsp3) is 0.0769. The van der Waals surface area contributed by atoms with Gasteiger partial charge in [0.1, 0.15) is 0 Å². The Labute approximate surface area is 122 Å². The molecule has 0 saturated heterocycles. The van der Waals surface area contributed by atoms with Gasteiger partial charge in [-0.3, -0.25) is 0 Å². The van der Waals surface area contributed by atoms with E-state index in [2.05, 4.69) is 50.7 Å². The number of aryl methyl sites for hydroxylation is 1. The van der Waals surface area contributed by atoms with Crippen molar-refractivity contribution in [2.45, 2.75) is 6.92 Å². The number of halogens is 3. The molecule has 0 aliphatic rings. The predicted molar refractivity (Wildman–Crippen MR) is 79.7 cm³/mol. The molecule has 17 heavy (non-hydrogen) atoms. The summed E-state index contributed by atoms with van der Waals surface area (Å²) in [6, 6.07) is 12.7. The van der Waals surface area contributed by atoms with Crippen LogP contribution in [0, 0.1) is 16.3 Å². The maximum atomic E-state index is 12.5. The molecule has 0 heterocycles. The molecule has 0 amide bonds. The first-order chi connectivity index (χ1) is 8.00. The number of rotatable bonds is 0. The van der Waals surface area contributed by atoms with E-state index >= 15 is 0 Å². The van der Waals surface area contributed by atoms with Crippen LogP contribution < -0.4 is 0 Å². The van der Waals surface area contributed by atoms with Gasteiger partial charge in [-0.25, -0.2) is 4.39 Å². The van der Waals surface area contributed by atoms with Crippen LogP contribution in [0.15, 0.2) is 46.9 Å². The van der Waals surface area contributed by atoms with Crippen LogP contribution in [-0.4, -0.2) is 5.11 Å². The number of hydrogen-bond donors (Lipinski definition) is 1. The first kappa shape index (κ1) is 14.4. The van der Waals surface area contributed by atoms with Crippen LogP contribution in [-0.2, 0) is 0 Å². The minimum atomic E-state index is -0.530. The summed E-state index contributed by atoms with van der Waals surface area (Å²) in [4.78, 5) is 0. The van der Waals surface area contributed by atoms with E-state index in [1.807, 2.05) is 12.1 Å². The van der Waals surface area contributed by atoms with Crippen molar-refractivity contribution in [3.8, 4) is 5.75 Å². The summed E-state index contributed by atoms with van der Waals surface area (Å²) in [7, 11) is 0. The Kier molecular flexibility index (Phi) is 5.91. The van der Waals surface area contributed by atoms with E-state index in [1.54, 1.807) is 19.1 Å². The zero-order valence-corrected chi connectivity index (χ0v) is 12.9. The molecule has 0 radical (unpaired) electrons. The highest BCUT2D eigenvalue weighted by atomic mass is 127. The minimum Gasteiger partial charge on any atom is -0.505 e. The fourth-order valence-corrected chi connectivity index (χ4v) is 1.69. The zero-order valence-electron chi connectivity index (χ0n) is 9.12. The number of hydrogen-bond acceptors (Lipinski definition) is 1. The van der Waals surface area contributed by atoms with Crippen LogP contribution in [0.1, 0.15) is 5.56 Å². The van der Waals surface area contributed by atoms with Crippen molar-refractivity contribution in [2.24, 2.45) is 0 Å². The van der Waals surface area contributed by atoms with Gasteiger partial charge >= 0.3 is 0 Å². The quantitative estimate of drug-likeness (QED) is 0.615. The third-order valence-corrected chi connectivity index (χ3v) is 3.22. The van der Waals surface area contributed by atoms with Gasteiger partial charge in [0, 0.05) is 8.04 Å². The van der Waals surface area contributed by atoms with Gasteiger partial charge < -0.3 is 5.11 Å². The highest BCUT2D eigenvalue weighted by molar-refractivity contribution is 14.1. The van der Waals surface area contributed by atoms with Gasteiger partial charge in [0.05, 0.1) is 0 Å². The molecular weight excluding hydrogens is 398 g/mol. The predicted octanol–water partition coefficient (Wildman–Crippen LogP) is 4.89. The van der Waals surface area contributed by atoms with Crippen molar-refractivity contribution < 1.29 is 9.50 Å². The van der Waals surface area contributed by atoms with Gasteiger partial charge in [0.25, 0.3) is 0 Å². The van der Waals surface area contributed by atoms with Crippen LogP contribution in [0.4, 0.5) is 4.39 Å². The lowest BCUT2D eigenvalue weighted by atomic mass is 10.2. The molecule has 0 spiro atoms. The van der Waals surface area contributed by atoms with E-state index in [1.165, 1.54) is 9.64 Å². The molecule has 0 unspecified atom stereocenters. The molecule has 2 aromatic rings. The molecule has 1 nitrogen and oxygen atoms in total. The van der Waals surface area contributed by atoms with Crippen molar-refractivity contribution >= 4 is 38.5 Å². The smallest absolute Gasteiger partial charge is 0.167 e. The van der Waals surface area contributed by atoms with Crippen molar-refractivity contribution in [3.63, 3.8) is 0 Å². The Morgan fingerprint density at radius 3 is 2.12 bits per heavy atom. The monoisotopic (exact) mass is 408 g/mol. The molecule has 0 atom stereocenters. The lowest BCUT2D eigenvalue weighted by molar-refractivity contribution is 0.430. The van der Waals surface area contributed by atoms with Crippen LogP contribution in [0.25, 0.3) is 0 Å². The summed E-state index contributed by atoms with van der Waals surface area (Å²) in [6.07, 6.45) is 0. The number of phenols is 1. The van der Waals surface area contributed by atoms with E-state index < -0.39 is 5.82 Å². The molecule has 0 saturated carbocycles. The van der Waals surface area contributed by atoms with Gasteiger partial charge in [0.15, 0.2) is 11.6 Å². The molecule has 1 N–H and O–H groups in total. The van der Waals surface area contributed by atoms with E-state index in [-0.39, 0.29) is 5.75 Å². The van der Waals surface area contributed by atoms with Gasteiger partial charge in [0.2, 0.25) is 0 Å². The normalized spacial score (nSPS) is 9.41. The summed E-state index contributed by atoms with van der Waals surface area (Å²) in [5.41, 5.74) is 0.468. The fourth-order valence-electron chi connectivity index (χ4n) is 1.06. The highest BCUT2D eigenvalue weighted by Gasteiger charge is 1.99. The van der Waals surface area contributed by atoms with Crippen LogP contribution in [0.2, 0.25) is 0 Å². The third kappa shape index (κ3) is 5.04. The lowest BCUT2D eigenvalue weighted by Crippen LogP contribution is -1.79. The third-order valence-electron chi connectivity index (χ3n) is 1.97. The molecular formula is C13H11BrFIO. The first-order valence-corrected chi connectivity index (χ1v) is 6.73. The summed E-state index contributed by atoms with van der Waals surface area (Å²) in [5, 5.41) is 8.73. The van der Waals surface area contributed by atoms with Gasteiger partial charge in [-0.2, -0.15) is 0 Å². The molecule has 2 aromatic carbocycles. The SMILES string of the molecule is Brc1ccc(I)cc1.Cc1cccc(O)c1F. The largest absolute Gasteiger partial charge is 0.505 e. The Morgan fingerprint density at radius 1 is 1.12 bits per heavy atom. The molecule has 0 aromatic heterocycles. The molecule has 0 bridgehead atoms. The average Bonchev–Trinajstić information content (AvgIpc) is 2.31. The Morgan fingerprint density at radius 2 is 1.71 bits per heavy atom. The molecule has 90 valence electrons. The van der Waals surface area contributed by atoms with Gasteiger partial charge in [-0.05, 0) is 65.4 Å². The van der Waals surface area contributed by atoms with Gasteiger partial charge in [-0.1, -0.05) is 28.1 Å². The van der Waals surface area contributed by atoms with Crippen LogP contribution in [0.3, 0.4) is 0 Å². The Hall–Kier alpha value is -0.620. The maximum absolute atomic E-state index is 12.5. The van der Waals surface area contributed by atoms with E-state index in [0.29, 0.717) is 5.56 Å². The molecule has 4 heteroatoms. The second-order valence-corrected chi connectivity index (χ2v) is 5.51. The molecule has 0 aliphatic carbocycles. The van der Waals surface area contributed by atoms with Crippen molar-refractivity contribution in [2.75, 3.05) is 0 Å². The number of benzene rings is 2. The highest BCUT2D eigenvalue weighted by Crippen LogP contribution is 2.16. The maximum Gasteiger partial charge on any atom is 0.167 e. The Balaban J connectivity index is 0.000000171. The molecule has 2 rings (SSSR count). The summed E-state index contributed by atoms with van der Waals surface area (Å²) >= 11 is 5.62. The second kappa shape index (κ2) is 6.96. The van der Waals surface area contributed by atoms with E-state index in [4.69, 9.17) is 5.11 Å². The van der Waals surface area contributed by atoms with Gasteiger partial charge in [-0.15, -0.1) is 0 Å². The zero-order chi connectivity index (χ0) is 12.8. The molecule has 0 aliphatic heterocycles. The first-order valence-electron chi connectivity index (χ1n) is 4.86. The van der Waals surface area contributed by atoms with Crippen molar-refractivity contribution in [1.29, 1.82) is 0 Å². The standard InChI is InChI=1S/C7H7FO.C6H4BrI/c1-5-3-2-4-6(9)7(5)8;7-5-1-3-6(8)4-2-5/h2-4,9H,1H3;1-4H.